The standard InChI is InChI=1S/C26H30N2O4S4/c1-4-6-22-20(11-12-21(17(3)29)24(22)31)15-35-26-28-27-25(36-26)34-14-19-9-7-18(8-10-19)13-33-16-23(30)32-5-2/h7-12,31H,4-6,13-16H2,1-3H3. The zero-order valence-corrected chi connectivity index (χ0v) is 23.9. The lowest BCUT2D eigenvalue weighted by atomic mass is 9.98. The van der Waals surface area contributed by atoms with Crippen molar-refractivity contribution >= 4 is 58.4 Å². The van der Waals surface area contributed by atoms with Crippen molar-refractivity contribution in [2.45, 2.75) is 59.6 Å². The van der Waals surface area contributed by atoms with Gasteiger partial charge in [-0.05, 0) is 48.6 Å². The number of rotatable bonds is 14. The molecule has 0 atom stereocenters. The van der Waals surface area contributed by atoms with Gasteiger partial charge in [-0.3, -0.25) is 9.59 Å². The van der Waals surface area contributed by atoms with Crippen LogP contribution in [0.4, 0.5) is 0 Å². The van der Waals surface area contributed by atoms with E-state index in [1.165, 1.54) is 18.1 Å². The molecule has 0 saturated heterocycles. The molecule has 0 fully saturated rings. The quantitative estimate of drug-likeness (QED) is 0.130. The summed E-state index contributed by atoms with van der Waals surface area (Å²) in [5.74, 6) is 2.42. The molecule has 0 aliphatic carbocycles. The highest BCUT2D eigenvalue weighted by Crippen LogP contribution is 2.35. The number of aromatic nitrogens is 2. The SMILES string of the molecule is CCCc1c(CSc2nnc(SCc3ccc(CSCC(=O)OCC)cc3)s2)ccc(C(C)=O)c1O. The Kier molecular flexibility index (Phi) is 11.6. The first-order valence-corrected chi connectivity index (χ1v) is 15.6. The molecule has 6 nitrogen and oxygen atoms in total. The summed E-state index contributed by atoms with van der Waals surface area (Å²) in [7, 11) is 0. The van der Waals surface area contributed by atoms with Crippen LogP contribution >= 0.6 is 46.6 Å². The van der Waals surface area contributed by atoms with E-state index in [4.69, 9.17) is 4.74 Å². The number of nitrogens with zero attached hydrogens (tertiary/aromatic N) is 2. The average molecular weight is 563 g/mol. The Morgan fingerprint density at radius 1 is 0.944 bits per heavy atom. The number of hydrogen-bond donors (Lipinski definition) is 1. The second-order valence-electron chi connectivity index (χ2n) is 7.93. The lowest BCUT2D eigenvalue weighted by Crippen LogP contribution is -2.06. The number of carbonyl (C=O) groups is 2. The number of carbonyl (C=O) groups excluding carboxylic acids is 2. The highest BCUT2D eigenvalue weighted by Gasteiger charge is 2.16. The molecule has 36 heavy (non-hydrogen) atoms. The van der Waals surface area contributed by atoms with Crippen LogP contribution in [-0.4, -0.2) is 39.4 Å². The van der Waals surface area contributed by atoms with Gasteiger partial charge in [0.05, 0.1) is 17.9 Å². The fourth-order valence-corrected chi connectivity index (χ4v) is 7.19. The molecule has 3 rings (SSSR count). The minimum absolute atomic E-state index is 0.111. The Morgan fingerprint density at radius 2 is 1.58 bits per heavy atom. The zero-order valence-electron chi connectivity index (χ0n) is 20.6. The fourth-order valence-electron chi connectivity index (χ4n) is 3.41. The van der Waals surface area contributed by atoms with Crippen LogP contribution in [0.2, 0.25) is 0 Å². The molecule has 3 aromatic rings. The summed E-state index contributed by atoms with van der Waals surface area (Å²) < 4.78 is 6.74. The van der Waals surface area contributed by atoms with Gasteiger partial charge in [-0.15, -0.1) is 22.0 Å². The van der Waals surface area contributed by atoms with Gasteiger partial charge in [0.2, 0.25) is 0 Å². The van der Waals surface area contributed by atoms with Crippen LogP contribution in [0.25, 0.3) is 0 Å². The van der Waals surface area contributed by atoms with Gasteiger partial charge in [0.1, 0.15) is 5.75 Å². The van der Waals surface area contributed by atoms with E-state index >= 15 is 0 Å². The van der Waals surface area contributed by atoms with Crippen molar-refractivity contribution in [2.75, 3.05) is 12.4 Å². The molecule has 0 saturated carbocycles. The van der Waals surface area contributed by atoms with Crippen LogP contribution in [0.5, 0.6) is 5.75 Å². The summed E-state index contributed by atoms with van der Waals surface area (Å²) in [6.07, 6.45) is 1.61. The summed E-state index contributed by atoms with van der Waals surface area (Å²) in [6, 6.07) is 12.0. The van der Waals surface area contributed by atoms with E-state index in [-0.39, 0.29) is 17.5 Å². The van der Waals surface area contributed by atoms with Gasteiger partial charge >= 0.3 is 5.97 Å². The molecular weight excluding hydrogens is 533 g/mol. The number of Topliss-reactive ketones (excluding diaryl/α,β-unsaturated/α-hetero) is 1. The maximum atomic E-state index is 11.8. The predicted octanol–water partition coefficient (Wildman–Crippen LogP) is 6.78. The van der Waals surface area contributed by atoms with Crippen molar-refractivity contribution in [3.63, 3.8) is 0 Å². The molecular formula is C26H30N2O4S4. The molecule has 0 aliphatic rings. The first-order valence-electron chi connectivity index (χ1n) is 11.7. The van der Waals surface area contributed by atoms with Crippen molar-refractivity contribution < 1.29 is 19.4 Å². The monoisotopic (exact) mass is 562 g/mol. The molecule has 0 unspecified atom stereocenters. The van der Waals surface area contributed by atoms with Crippen LogP contribution < -0.4 is 0 Å². The van der Waals surface area contributed by atoms with Gasteiger partial charge in [0.25, 0.3) is 0 Å². The van der Waals surface area contributed by atoms with Crippen molar-refractivity contribution in [1.29, 1.82) is 0 Å². The zero-order chi connectivity index (χ0) is 25.9. The molecule has 1 aromatic heterocycles. The fraction of sp³-hybridized carbons (Fsp3) is 0.385. The number of ketones is 1. The number of esters is 1. The number of ether oxygens (including phenoxy) is 1. The maximum Gasteiger partial charge on any atom is 0.315 e. The third-order valence-electron chi connectivity index (χ3n) is 5.18. The third-order valence-corrected chi connectivity index (χ3v) is 9.46. The summed E-state index contributed by atoms with van der Waals surface area (Å²) >= 11 is 6.37. The van der Waals surface area contributed by atoms with E-state index in [0.717, 1.165) is 44.2 Å². The van der Waals surface area contributed by atoms with E-state index < -0.39 is 0 Å². The highest BCUT2D eigenvalue weighted by molar-refractivity contribution is 8.02. The van der Waals surface area contributed by atoms with Crippen LogP contribution in [-0.2, 0) is 33.2 Å². The predicted molar refractivity (Wildman–Crippen MR) is 150 cm³/mol. The minimum atomic E-state index is -0.171. The first kappa shape index (κ1) is 28.6. The Bertz CT molecular complexity index is 1170. The van der Waals surface area contributed by atoms with E-state index in [2.05, 4.69) is 41.4 Å². The molecule has 0 aliphatic heterocycles. The molecule has 192 valence electrons. The van der Waals surface area contributed by atoms with Crippen molar-refractivity contribution in [3.8, 4) is 5.75 Å². The van der Waals surface area contributed by atoms with Crippen LogP contribution in [0, 0.1) is 0 Å². The Hall–Kier alpha value is -2.01. The number of benzene rings is 2. The molecule has 10 heteroatoms. The molecule has 1 N–H and O–H groups in total. The molecule has 0 spiro atoms. The second-order valence-corrected chi connectivity index (χ2v) is 12.3. The summed E-state index contributed by atoms with van der Waals surface area (Å²) in [5, 5.41) is 19.2. The van der Waals surface area contributed by atoms with E-state index in [1.807, 2.05) is 13.0 Å². The molecule has 0 amide bonds. The molecule has 2 aromatic carbocycles. The summed E-state index contributed by atoms with van der Waals surface area (Å²) in [5.41, 5.74) is 4.63. The van der Waals surface area contributed by atoms with Crippen molar-refractivity contribution in [1.82, 2.24) is 10.2 Å². The molecule has 1 heterocycles. The number of hydrogen-bond acceptors (Lipinski definition) is 10. The van der Waals surface area contributed by atoms with Gasteiger partial charge in [-0.2, -0.15) is 0 Å². The van der Waals surface area contributed by atoms with Gasteiger partial charge in [0.15, 0.2) is 14.5 Å². The number of aromatic hydroxyl groups is 1. The maximum absolute atomic E-state index is 11.8. The minimum Gasteiger partial charge on any atom is -0.507 e. The lowest BCUT2D eigenvalue weighted by Gasteiger charge is -2.12. The Morgan fingerprint density at radius 3 is 2.19 bits per heavy atom. The summed E-state index contributed by atoms with van der Waals surface area (Å²) in [6.45, 7) is 5.76. The van der Waals surface area contributed by atoms with E-state index in [1.54, 1.807) is 52.7 Å². The first-order chi connectivity index (χ1) is 17.4. The summed E-state index contributed by atoms with van der Waals surface area (Å²) in [4.78, 5) is 23.2. The van der Waals surface area contributed by atoms with Crippen molar-refractivity contribution in [2.24, 2.45) is 0 Å². The highest BCUT2D eigenvalue weighted by atomic mass is 32.2. The van der Waals surface area contributed by atoms with Gasteiger partial charge in [-0.1, -0.05) is 78.5 Å². The van der Waals surface area contributed by atoms with Gasteiger partial charge < -0.3 is 9.84 Å². The van der Waals surface area contributed by atoms with Crippen LogP contribution in [0.3, 0.4) is 0 Å². The van der Waals surface area contributed by atoms with Crippen LogP contribution in [0.15, 0.2) is 45.1 Å². The number of phenols is 1. The molecule has 0 radical (unpaired) electrons. The number of thioether (sulfide) groups is 3. The Labute approximate surface area is 229 Å². The molecule has 0 bridgehead atoms. The third kappa shape index (κ3) is 8.54. The van der Waals surface area contributed by atoms with E-state index in [0.29, 0.717) is 23.7 Å². The normalized spacial score (nSPS) is 11.0. The van der Waals surface area contributed by atoms with E-state index in [9.17, 15) is 14.7 Å². The van der Waals surface area contributed by atoms with Gasteiger partial charge in [0, 0.05) is 17.3 Å². The Balaban J connectivity index is 1.50. The van der Waals surface area contributed by atoms with Gasteiger partial charge in [-0.25, -0.2) is 0 Å². The smallest absolute Gasteiger partial charge is 0.315 e. The van der Waals surface area contributed by atoms with Crippen molar-refractivity contribution in [3.05, 3.63) is 64.2 Å². The number of phenolic OH excluding ortho intramolecular Hbond substituents is 1. The largest absolute Gasteiger partial charge is 0.507 e. The lowest BCUT2D eigenvalue weighted by molar-refractivity contribution is -0.139. The second kappa shape index (κ2) is 14.7. The average Bonchev–Trinajstić information content (AvgIpc) is 3.32. The topological polar surface area (TPSA) is 89.4 Å². The van der Waals surface area contributed by atoms with Crippen LogP contribution in [0.1, 0.15) is 59.8 Å².